The van der Waals surface area contributed by atoms with Gasteiger partial charge in [0, 0.05) is 24.1 Å². The Morgan fingerprint density at radius 3 is 2.59 bits per heavy atom. The molecule has 2 aliphatic heterocycles. The maximum absolute atomic E-state index is 12.6. The fraction of sp³-hybridized carbons (Fsp3) is 0.500. The molecule has 5 heterocycles. The number of imidazole rings is 1. The van der Waals surface area contributed by atoms with Crippen LogP contribution in [0, 0.1) is 6.92 Å². The number of benzene rings is 1. The van der Waals surface area contributed by atoms with Crippen molar-refractivity contribution in [3.8, 4) is 5.75 Å². The number of aryl methyl sites for hydroxylation is 1. The van der Waals surface area contributed by atoms with Gasteiger partial charge in [0.25, 0.3) is 27.1 Å². The van der Waals surface area contributed by atoms with E-state index in [9.17, 15) is 58.8 Å². The first-order valence-corrected chi connectivity index (χ1v) is 20.9. The van der Waals surface area contributed by atoms with Crippen molar-refractivity contribution in [2.45, 2.75) is 75.0 Å². The average Bonchev–Trinajstić information content (AvgIpc) is 3.73. The number of hydrogen-bond donors (Lipinski definition) is 8. The number of nitrogens with zero attached hydrogens (tertiary/aromatic N) is 4. The molecule has 2 aliphatic rings. The van der Waals surface area contributed by atoms with Gasteiger partial charge in [-0.2, -0.15) is 4.98 Å². The number of nitrogens with one attached hydrogen (secondary N) is 2. The largest absolute Gasteiger partial charge is 0.756 e. The van der Waals surface area contributed by atoms with Crippen LogP contribution in [0.15, 0.2) is 49.8 Å². The highest BCUT2D eigenvalue weighted by Gasteiger charge is 2.47. The summed E-state index contributed by atoms with van der Waals surface area (Å²) in [6, 6.07) is 6.21. The minimum absolute atomic E-state index is 0.0165. The van der Waals surface area contributed by atoms with Crippen molar-refractivity contribution in [1.82, 2.24) is 24.8 Å². The Hall–Kier alpha value is -4.70. The normalized spacial score (nSPS) is 27.6. The lowest BCUT2D eigenvalue weighted by Crippen LogP contribution is -2.58. The summed E-state index contributed by atoms with van der Waals surface area (Å²) in [5.41, 5.74) is 5.02. The van der Waals surface area contributed by atoms with Crippen LogP contribution in [-0.2, 0) is 41.6 Å². The molecule has 0 bridgehead atoms. The van der Waals surface area contributed by atoms with Gasteiger partial charge in [0.05, 0.1) is 19.1 Å². The topological polar surface area (TPSA) is 407 Å². The second-order valence-electron chi connectivity index (χ2n) is 13.5. The lowest BCUT2D eigenvalue weighted by molar-refractivity contribution is -0.292. The molecule has 0 radical (unpaired) electrons. The molecule has 2 fully saturated rings. The fourth-order valence-electron chi connectivity index (χ4n) is 6.04. The fourth-order valence-corrected chi connectivity index (χ4v) is 8.12. The van der Waals surface area contributed by atoms with Crippen LogP contribution < -0.4 is 36.8 Å². The number of aromatic nitrogens is 4. The zero-order valence-corrected chi connectivity index (χ0v) is 33.3. The second-order valence-corrected chi connectivity index (χ2v) is 16.4. The van der Waals surface area contributed by atoms with Crippen LogP contribution in [0.3, 0.4) is 0 Å². The van der Waals surface area contributed by atoms with Crippen LogP contribution in [-0.4, -0.2) is 133 Å². The van der Waals surface area contributed by atoms with Crippen molar-refractivity contribution in [3.05, 3.63) is 56.9 Å². The van der Waals surface area contributed by atoms with Gasteiger partial charge in [-0.3, -0.25) is 32.8 Å². The Bertz CT molecular complexity index is 2450. The monoisotopic (exact) mass is 903 g/mol. The third-order valence-electron chi connectivity index (χ3n) is 9.06. The number of phosphoric ester groups is 2. The number of rotatable bonds is 18. The van der Waals surface area contributed by atoms with Gasteiger partial charge in [-0.25, -0.2) is 14.1 Å². The summed E-state index contributed by atoms with van der Waals surface area (Å²) >= 11 is 0. The first-order chi connectivity index (χ1) is 28.8. The van der Waals surface area contributed by atoms with Gasteiger partial charge in [0.15, 0.2) is 30.3 Å². The molecule has 3 aromatic heterocycles. The number of nitrogen functional groups attached to an aromatic ring is 1. The van der Waals surface area contributed by atoms with Crippen molar-refractivity contribution < 1.29 is 86.1 Å². The van der Waals surface area contributed by atoms with Crippen molar-refractivity contribution in [2.75, 3.05) is 32.1 Å². The lowest BCUT2D eigenvalue weighted by Gasteiger charge is -2.41. The van der Waals surface area contributed by atoms with Gasteiger partial charge >= 0.3 is 5.63 Å². The summed E-state index contributed by atoms with van der Waals surface area (Å²) in [5, 5.41) is 58.8. The number of carbonyl (C=O) groups excluding carboxylic acids is 1. The van der Waals surface area contributed by atoms with Crippen LogP contribution in [0.25, 0.3) is 22.1 Å². The molecule has 0 spiro atoms. The van der Waals surface area contributed by atoms with Crippen LogP contribution in [0.4, 0.5) is 5.95 Å². The molecular weight excluding hydrogens is 864 g/mol. The quantitative estimate of drug-likeness (QED) is 0.0158. The van der Waals surface area contributed by atoms with Gasteiger partial charge in [0.1, 0.15) is 60.7 Å². The molecule has 11 atom stereocenters. The van der Waals surface area contributed by atoms with Crippen LogP contribution >= 0.6 is 15.6 Å². The van der Waals surface area contributed by atoms with Gasteiger partial charge in [-0.05, 0) is 37.5 Å². The number of ether oxygens (including phenoxy) is 3. The van der Waals surface area contributed by atoms with E-state index >= 15 is 0 Å². The zero-order chi connectivity index (χ0) is 44.2. The van der Waals surface area contributed by atoms with E-state index in [0.29, 0.717) is 24.2 Å². The molecule has 1 amide bonds. The highest BCUT2D eigenvalue weighted by Crippen LogP contribution is 2.57. The maximum Gasteiger partial charge on any atom is 0.336 e. The number of anilines is 1. The molecule has 61 heavy (non-hydrogen) atoms. The maximum atomic E-state index is 12.6. The number of amides is 1. The van der Waals surface area contributed by atoms with Gasteiger partial charge in [0.2, 0.25) is 5.95 Å². The number of aromatic amines is 1. The first kappa shape index (κ1) is 45.8. The number of H-pyrrole nitrogens is 1. The Morgan fingerprint density at radius 2 is 1.82 bits per heavy atom. The minimum atomic E-state index is -6.03. The van der Waals surface area contributed by atoms with Crippen LogP contribution in [0.1, 0.15) is 24.6 Å². The molecule has 9 N–H and O–H groups in total. The van der Waals surface area contributed by atoms with Crippen LogP contribution in [0.5, 0.6) is 5.75 Å². The number of hydrogen-bond acceptors (Lipinski definition) is 24. The summed E-state index contributed by atoms with van der Waals surface area (Å²) in [6.45, 7) is 0.549. The second kappa shape index (κ2) is 19.1. The third kappa shape index (κ3) is 11.2. The smallest absolute Gasteiger partial charge is 0.336 e. The molecule has 27 nitrogen and oxygen atoms in total. The Kier molecular flexibility index (Phi) is 14.4. The molecule has 4 aromatic rings. The number of aliphatic hydroxyl groups excluding tert-OH is 5. The van der Waals surface area contributed by atoms with Crippen molar-refractivity contribution in [2.24, 2.45) is 5.16 Å². The van der Waals surface area contributed by atoms with E-state index in [2.05, 4.69) is 38.8 Å². The zero-order valence-electron chi connectivity index (χ0n) is 31.5. The Balaban J connectivity index is 0.913. The SMILES string of the molecule is Cc1cc(=O)oc2cc(OCC(=O)NCCCCO/N=C/C3OC(OP(=O)([O-])OP(=O)([O-])OCC4OC(n5cnc6c(=O)[nH]c(N)nc65)C(O)C4O)C(O)C(O)C3O)ccc12. The summed E-state index contributed by atoms with van der Waals surface area (Å²) in [5.74, 6) is -0.413. The standard InChI is InChI=1S/C32H41N7O20P2/c1-14-8-21(41)55-17-9-15(4-5-16(14)17)52-12-20(40)34-6-2-3-7-53-36-10-18-23(42)25(44)27(46)31(57-18)58-61(50,51)59-60(48,49)54-11-19-24(43)26(45)30(56-19)39-13-35-22-28(39)37-32(33)38-29(22)47/h4-5,8-10,13,18-19,23-27,30-31,42-46H,2-3,6-7,11-12H2,1H3,(H,34,40)(H,48,49)(H,50,51)(H3,33,37,38,47)/p-2/b36-10+. The van der Waals surface area contributed by atoms with Crippen LogP contribution in [0.2, 0.25) is 0 Å². The number of oxime groups is 1. The first-order valence-electron chi connectivity index (χ1n) is 18.0. The molecule has 2 saturated heterocycles. The summed E-state index contributed by atoms with van der Waals surface area (Å²) in [4.78, 5) is 76.0. The van der Waals surface area contributed by atoms with E-state index in [-0.39, 0.29) is 36.9 Å². The van der Waals surface area contributed by atoms with Crippen molar-refractivity contribution in [1.29, 1.82) is 0 Å². The van der Waals surface area contributed by atoms with Crippen molar-refractivity contribution >= 4 is 55.8 Å². The molecule has 1 aromatic carbocycles. The predicted octanol–water partition coefficient (Wildman–Crippen LogP) is -3.49. The lowest BCUT2D eigenvalue weighted by atomic mass is 10.00. The average molecular weight is 904 g/mol. The summed E-state index contributed by atoms with van der Waals surface area (Å²) in [6.07, 6.45) is -14.4. The van der Waals surface area contributed by atoms with E-state index in [4.69, 9.17) is 29.2 Å². The van der Waals surface area contributed by atoms with E-state index in [1.807, 2.05) is 0 Å². The number of carbonyl (C=O) groups is 1. The number of nitrogens with two attached hydrogens (primary N) is 1. The van der Waals surface area contributed by atoms with Crippen molar-refractivity contribution in [3.63, 3.8) is 0 Å². The summed E-state index contributed by atoms with van der Waals surface area (Å²) < 4.78 is 60.4. The number of phosphoric acid groups is 2. The minimum Gasteiger partial charge on any atom is -0.756 e. The van der Waals surface area contributed by atoms with Gasteiger partial charge in [-0.1, -0.05) is 5.16 Å². The third-order valence-corrected chi connectivity index (χ3v) is 11.6. The highest BCUT2D eigenvalue weighted by molar-refractivity contribution is 7.59. The van der Waals surface area contributed by atoms with Gasteiger partial charge < -0.3 is 74.4 Å². The highest BCUT2D eigenvalue weighted by atomic mass is 31.3. The molecule has 334 valence electrons. The summed E-state index contributed by atoms with van der Waals surface area (Å²) in [7, 11) is -11.9. The molecular formula is C32H39N7O20P2-2. The van der Waals surface area contributed by atoms with E-state index in [1.54, 1.807) is 19.1 Å². The molecule has 6 rings (SSSR count). The number of fused-ring (bicyclic) bond motifs is 2. The van der Waals surface area contributed by atoms with E-state index in [0.717, 1.165) is 28.1 Å². The molecule has 0 saturated carbocycles. The van der Waals surface area contributed by atoms with E-state index < -0.39 is 94.6 Å². The molecule has 0 aliphatic carbocycles. The Labute approximate surface area is 341 Å². The van der Waals surface area contributed by atoms with E-state index in [1.165, 1.54) is 12.1 Å². The van der Waals surface area contributed by atoms with Gasteiger partial charge in [-0.15, -0.1) is 0 Å². The molecule has 29 heteroatoms. The predicted molar refractivity (Wildman–Crippen MR) is 198 cm³/mol. The number of unbranched alkanes of at least 4 members (excludes halogenated alkanes) is 1. The Morgan fingerprint density at radius 1 is 1.05 bits per heavy atom. The molecule has 11 unspecified atom stereocenters. The number of aliphatic hydroxyl groups is 5.